The van der Waals surface area contributed by atoms with Crippen LogP contribution >= 0.6 is 15.9 Å². The van der Waals surface area contributed by atoms with Gasteiger partial charge in [0.05, 0.1) is 17.1 Å². The molecule has 0 aliphatic carbocycles. The summed E-state index contributed by atoms with van der Waals surface area (Å²) in [7, 11) is 0. The molecule has 0 amide bonds. The van der Waals surface area contributed by atoms with Gasteiger partial charge in [0, 0.05) is 16.6 Å². The van der Waals surface area contributed by atoms with Crippen LogP contribution in [0.3, 0.4) is 0 Å². The summed E-state index contributed by atoms with van der Waals surface area (Å²) in [6.07, 6.45) is 5.23. The summed E-state index contributed by atoms with van der Waals surface area (Å²) < 4.78 is 6.55. The second-order valence-corrected chi connectivity index (χ2v) is 5.32. The monoisotopic (exact) mass is 333 g/mol. The zero-order valence-corrected chi connectivity index (χ0v) is 13.0. The van der Waals surface area contributed by atoms with E-state index in [0.29, 0.717) is 6.54 Å². The lowest BCUT2D eigenvalue weighted by molar-refractivity contribution is 0.366. The fourth-order valence-corrected chi connectivity index (χ4v) is 2.35. The van der Waals surface area contributed by atoms with Gasteiger partial charge in [0.15, 0.2) is 0 Å². The minimum atomic E-state index is 0.262. The van der Waals surface area contributed by atoms with E-state index in [-0.39, 0.29) is 6.61 Å². The van der Waals surface area contributed by atoms with Gasteiger partial charge < -0.3 is 10.1 Å². The molecule has 4 nitrogen and oxygen atoms in total. The molecule has 0 aliphatic heterocycles. The van der Waals surface area contributed by atoms with E-state index in [2.05, 4.69) is 37.4 Å². The Morgan fingerprint density at radius 1 is 1.45 bits per heavy atom. The highest BCUT2D eigenvalue weighted by molar-refractivity contribution is 9.10. The fraction of sp³-hybridized carbons (Fsp3) is 0.267. The van der Waals surface area contributed by atoms with Crippen molar-refractivity contribution >= 4 is 21.6 Å². The Balaban J connectivity index is 2.16. The smallest absolute Gasteiger partial charge is 0.148 e. The van der Waals surface area contributed by atoms with E-state index in [0.717, 1.165) is 32.9 Å². The van der Waals surface area contributed by atoms with Gasteiger partial charge in [-0.25, -0.2) is 0 Å². The third-order valence-electron chi connectivity index (χ3n) is 2.92. The third-order valence-corrected chi connectivity index (χ3v) is 3.41. The number of nitrogens with one attached hydrogen (secondary N) is 2. The van der Waals surface area contributed by atoms with Crippen molar-refractivity contribution in [2.75, 3.05) is 11.9 Å². The number of terminal acetylenes is 1. The topological polar surface area (TPSA) is 49.9 Å². The summed E-state index contributed by atoms with van der Waals surface area (Å²) in [5.74, 6) is 3.27. The van der Waals surface area contributed by atoms with E-state index in [1.165, 1.54) is 0 Å². The number of halogens is 1. The highest BCUT2D eigenvalue weighted by atomic mass is 79.9. The van der Waals surface area contributed by atoms with Crippen molar-refractivity contribution in [3.05, 3.63) is 39.6 Å². The molecule has 0 saturated carbocycles. The maximum absolute atomic E-state index is 5.55. The van der Waals surface area contributed by atoms with Gasteiger partial charge in [-0.15, -0.1) is 6.42 Å². The molecule has 2 rings (SSSR count). The molecule has 1 aromatic carbocycles. The van der Waals surface area contributed by atoms with E-state index < -0.39 is 0 Å². The Hall–Kier alpha value is -1.93. The van der Waals surface area contributed by atoms with Crippen molar-refractivity contribution in [2.24, 2.45) is 0 Å². The van der Waals surface area contributed by atoms with E-state index in [1.807, 2.05) is 32.0 Å². The van der Waals surface area contributed by atoms with Crippen molar-refractivity contribution in [1.82, 2.24) is 10.2 Å². The maximum Gasteiger partial charge on any atom is 0.148 e. The first-order chi connectivity index (χ1) is 9.61. The molecule has 0 fully saturated rings. The number of hydrogen-bond acceptors (Lipinski definition) is 3. The van der Waals surface area contributed by atoms with Crippen LogP contribution in [0.2, 0.25) is 0 Å². The highest BCUT2D eigenvalue weighted by Crippen LogP contribution is 2.25. The second-order valence-electron chi connectivity index (χ2n) is 4.41. The summed E-state index contributed by atoms with van der Waals surface area (Å²) in [5, 5.41) is 10.5. The van der Waals surface area contributed by atoms with E-state index in [1.54, 1.807) is 0 Å². The lowest BCUT2D eigenvalue weighted by Crippen LogP contribution is -2.05. The van der Waals surface area contributed by atoms with Crippen molar-refractivity contribution in [3.63, 3.8) is 0 Å². The van der Waals surface area contributed by atoms with Crippen molar-refractivity contribution < 1.29 is 4.74 Å². The molecule has 20 heavy (non-hydrogen) atoms. The third kappa shape index (κ3) is 3.34. The number of anilines is 1. The molecule has 0 bridgehead atoms. The first-order valence-corrected chi connectivity index (χ1v) is 7.01. The first kappa shape index (κ1) is 14.5. The van der Waals surface area contributed by atoms with Crippen LogP contribution in [-0.4, -0.2) is 16.8 Å². The Morgan fingerprint density at radius 3 is 2.90 bits per heavy atom. The number of ether oxygens (including phenoxy) is 1. The summed E-state index contributed by atoms with van der Waals surface area (Å²) >= 11 is 3.47. The van der Waals surface area contributed by atoms with Gasteiger partial charge in [0.25, 0.3) is 0 Å². The average molecular weight is 334 g/mol. The first-order valence-electron chi connectivity index (χ1n) is 6.22. The van der Waals surface area contributed by atoms with Crippen LogP contribution in [0.5, 0.6) is 5.75 Å². The zero-order chi connectivity index (χ0) is 14.5. The number of benzene rings is 1. The van der Waals surface area contributed by atoms with Gasteiger partial charge in [0.2, 0.25) is 0 Å². The molecule has 1 heterocycles. The SMILES string of the molecule is C#CCOc1ccc(Br)cc1CNc1c(C)n[nH]c1C. The van der Waals surface area contributed by atoms with Gasteiger partial charge in [-0.3, -0.25) is 5.10 Å². The van der Waals surface area contributed by atoms with Crippen molar-refractivity contribution in [1.29, 1.82) is 0 Å². The van der Waals surface area contributed by atoms with Crippen LogP contribution < -0.4 is 10.1 Å². The number of rotatable bonds is 5. The molecular weight excluding hydrogens is 318 g/mol. The van der Waals surface area contributed by atoms with Gasteiger partial charge in [-0.2, -0.15) is 5.10 Å². The minimum absolute atomic E-state index is 0.262. The number of hydrogen-bond donors (Lipinski definition) is 2. The van der Waals surface area contributed by atoms with Crippen LogP contribution in [0.1, 0.15) is 17.0 Å². The maximum atomic E-state index is 5.55. The van der Waals surface area contributed by atoms with E-state index in [4.69, 9.17) is 11.2 Å². The number of aryl methyl sites for hydroxylation is 2. The van der Waals surface area contributed by atoms with E-state index in [9.17, 15) is 0 Å². The number of H-pyrrole nitrogens is 1. The molecule has 0 atom stereocenters. The van der Waals surface area contributed by atoms with Crippen molar-refractivity contribution in [3.8, 4) is 18.1 Å². The largest absolute Gasteiger partial charge is 0.481 e. The van der Waals surface area contributed by atoms with Gasteiger partial charge in [-0.05, 0) is 32.0 Å². The molecule has 1 aromatic heterocycles. The summed E-state index contributed by atoms with van der Waals surface area (Å²) in [4.78, 5) is 0. The predicted octanol–water partition coefficient (Wildman–Crippen LogP) is 3.41. The van der Waals surface area contributed by atoms with Crippen LogP contribution in [0.4, 0.5) is 5.69 Å². The van der Waals surface area contributed by atoms with Crippen LogP contribution in [0.15, 0.2) is 22.7 Å². The highest BCUT2D eigenvalue weighted by Gasteiger charge is 2.08. The zero-order valence-electron chi connectivity index (χ0n) is 11.5. The quantitative estimate of drug-likeness (QED) is 0.824. The standard InChI is InChI=1S/C15H16BrN3O/c1-4-7-20-14-6-5-13(16)8-12(14)9-17-15-10(2)18-19-11(15)3/h1,5-6,8,17H,7,9H2,2-3H3,(H,18,19). The number of nitrogens with zero attached hydrogens (tertiary/aromatic N) is 1. The summed E-state index contributed by atoms with van der Waals surface area (Å²) in [6, 6.07) is 5.86. The molecule has 0 unspecified atom stereocenters. The predicted molar refractivity (Wildman–Crippen MR) is 83.9 cm³/mol. The lowest BCUT2D eigenvalue weighted by Gasteiger charge is -2.12. The molecule has 0 saturated heterocycles. The summed E-state index contributed by atoms with van der Waals surface area (Å²) in [6.45, 7) is 4.85. The molecule has 2 aromatic rings. The van der Waals surface area contributed by atoms with E-state index >= 15 is 0 Å². The van der Waals surface area contributed by atoms with Gasteiger partial charge in [-0.1, -0.05) is 21.9 Å². The molecule has 0 spiro atoms. The van der Waals surface area contributed by atoms with Crippen LogP contribution in [0, 0.1) is 26.2 Å². The summed E-state index contributed by atoms with van der Waals surface area (Å²) in [5.41, 5.74) is 4.02. The van der Waals surface area contributed by atoms with Crippen LogP contribution in [-0.2, 0) is 6.54 Å². The molecule has 0 radical (unpaired) electrons. The Kier molecular flexibility index (Phi) is 4.70. The molecular formula is C15H16BrN3O. The molecule has 2 N–H and O–H groups in total. The number of aromatic amines is 1. The normalized spacial score (nSPS) is 10.1. The second kappa shape index (κ2) is 6.49. The van der Waals surface area contributed by atoms with Gasteiger partial charge in [0.1, 0.15) is 12.4 Å². The molecule has 5 heteroatoms. The fourth-order valence-electron chi connectivity index (χ4n) is 1.94. The molecule has 104 valence electrons. The average Bonchev–Trinajstić information content (AvgIpc) is 2.75. The number of aromatic nitrogens is 2. The Bertz CT molecular complexity index is 624. The van der Waals surface area contributed by atoms with Crippen LogP contribution in [0.25, 0.3) is 0 Å². The Morgan fingerprint density at radius 2 is 2.25 bits per heavy atom. The van der Waals surface area contributed by atoms with Gasteiger partial charge >= 0.3 is 0 Å². The molecule has 0 aliphatic rings. The lowest BCUT2D eigenvalue weighted by atomic mass is 10.2. The minimum Gasteiger partial charge on any atom is -0.481 e. The van der Waals surface area contributed by atoms with Crippen molar-refractivity contribution in [2.45, 2.75) is 20.4 Å². The Labute approximate surface area is 127 Å².